The van der Waals surface area contributed by atoms with Crippen molar-refractivity contribution >= 4 is 35.4 Å². The number of nitrogens with zero attached hydrogens (tertiary/aromatic N) is 6. The third-order valence-corrected chi connectivity index (χ3v) is 4.47. The molecule has 0 bridgehead atoms. The van der Waals surface area contributed by atoms with E-state index in [2.05, 4.69) is 30.8 Å². The molecule has 4 aromatic rings. The number of aromatic nitrogens is 3. The van der Waals surface area contributed by atoms with Crippen LogP contribution in [0.5, 0.6) is 0 Å². The summed E-state index contributed by atoms with van der Waals surface area (Å²) in [5.74, 6) is 1.46. The average molecular weight is 462 g/mol. The number of halogens is 1. The molecule has 0 unspecified atom stereocenters. The van der Waals surface area contributed by atoms with Crippen LogP contribution in [0, 0.1) is 15.9 Å². The molecule has 0 amide bonds. The summed E-state index contributed by atoms with van der Waals surface area (Å²) in [4.78, 5) is 24.9. The van der Waals surface area contributed by atoms with Crippen LogP contribution in [-0.4, -0.2) is 40.2 Å². The second kappa shape index (κ2) is 9.73. The third kappa shape index (κ3) is 5.48. The Morgan fingerprint density at radius 1 is 1.00 bits per heavy atom. The van der Waals surface area contributed by atoms with E-state index in [1.54, 1.807) is 55.4 Å². The average Bonchev–Trinajstić information content (AvgIpc) is 3.29. The van der Waals surface area contributed by atoms with Crippen molar-refractivity contribution in [3.05, 3.63) is 82.4 Å². The van der Waals surface area contributed by atoms with E-state index in [4.69, 9.17) is 4.42 Å². The minimum atomic E-state index is -0.459. The molecule has 0 aliphatic carbocycles. The van der Waals surface area contributed by atoms with Gasteiger partial charge in [-0.05, 0) is 48.5 Å². The highest BCUT2D eigenvalue weighted by molar-refractivity contribution is 5.78. The monoisotopic (exact) mass is 462 g/mol. The molecule has 172 valence electrons. The first kappa shape index (κ1) is 22.3. The summed E-state index contributed by atoms with van der Waals surface area (Å²) < 4.78 is 18.9. The molecule has 2 aromatic heterocycles. The highest BCUT2D eigenvalue weighted by Gasteiger charge is 2.10. The largest absolute Gasteiger partial charge is 0.455 e. The van der Waals surface area contributed by atoms with Crippen molar-refractivity contribution in [2.45, 2.75) is 0 Å². The van der Waals surface area contributed by atoms with Gasteiger partial charge in [-0.2, -0.15) is 20.1 Å². The fourth-order valence-corrected chi connectivity index (χ4v) is 2.81. The van der Waals surface area contributed by atoms with E-state index in [0.717, 1.165) is 0 Å². The number of nitro benzene ring substituents is 1. The molecule has 4 rings (SSSR count). The molecule has 0 spiro atoms. The molecule has 0 radical (unpaired) electrons. The number of benzene rings is 2. The number of anilines is 4. The molecule has 0 aliphatic rings. The Hall–Kier alpha value is -4.87. The topological polar surface area (TPSA) is 135 Å². The van der Waals surface area contributed by atoms with Crippen molar-refractivity contribution in [2.24, 2.45) is 5.10 Å². The van der Waals surface area contributed by atoms with E-state index < -0.39 is 4.92 Å². The van der Waals surface area contributed by atoms with Crippen LogP contribution in [0.2, 0.25) is 0 Å². The minimum Gasteiger partial charge on any atom is -0.455 e. The van der Waals surface area contributed by atoms with Crippen molar-refractivity contribution in [1.29, 1.82) is 0 Å². The highest BCUT2D eigenvalue weighted by Crippen LogP contribution is 2.24. The molecule has 0 aliphatic heterocycles. The minimum absolute atomic E-state index is 0.00373. The molecule has 0 saturated carbocycles. The van der Waals surface area contributed by atoms with Crippen LogP contribution in [0.4, 0.5) is 33.6 Å². The van der Waals surface area contributed by atoms with Crippen LogP contribution in [-0.2, 0) is 0 Å². The lowest BCUT2D eigenvalue weighted by Gasteiger charge is -2.13. The van der Waals surface area contributed by atoms with E-state index in [1.807, 2.05) is 0 Å². The molecule has 34 heavy (non-hydrogen) atoms. The predicted octanol–water partition coefficient (Wildman–Crippen LogP) is 4.43. The molecular formula is C22H19FN8O3. The maximum Gasteiger partial charge on any atom is 0.269 e. The van der Waals surface area contributed by atoms with Gasteiger partial charge in [0.1, 0.15) is 17.3 Å². The zero-order valence-electron chi connectivity index (χ0n) is 18.1. The van der Waals surface area contributed by atoms with E-state index in [1.165, 1.54) is 30.5 Å². The lowest BCUT2D eigenvalue weighted by atomic mass is 10.1. The first-order valence-electron chi connectivity index (χ1n) is 9.97. The first-order chi connectivity index (χ1) is 16.4. The molecule has 12 heteroatoms. The van der Waals surface area contributed by atoms with Gasteiger partial charge >= 0.3 is 0 Å². The Balaban J connectivity index is 1.47. The summed E-state index contributed by atoms with van der Waals surface area (Å²) in [6, 6.07) is 15.3. The SMILES string of the molecule is CN(C)c1nc(NN=Cc2ccc(-c3ccc([N+](=O)[O-])cc3)o2)nc(Nc2ccc(F)cc2)n1. The Morgan fingerprint density at radius 2 is 1.71 bits per heavy atom. The van der Waals surface area contributed by atoms with Gasteiger partial charge in [-0.1, -0.05) is 0 Å². The third-order valence-electron chi connectivity index (χ3n) is 4.47. The Bertz CT molecular complexity index is 1320. The normalized spacial score (nSPS) is 10.9. The number of furan rings is 1. The maximum atomic E-state index is 13.1. The molecule has 0 atom stereocenters. The predicted molar refractivity (Wildman–Crippen MR) is 126 cm³/mol. The number of nitrogens with one attached hydrogen (secondary N) is 2. The summed E-state index contributed by atoms with van der Waals surface area (Å²) in [5.41, 5.74) is 4.05. The number of hydrazone groups is 1. The smallest absolute Gasteiger partial charge is 0.269 e. The number of rotatable bonds is 8. The van der Waals surface area contributed by atoms with Gasteiger partial charge in [0.2, 0.25) is 17.8 Å². The van der Waals surface area contributed by atoms with Gasteiger partial charge in [0, 0.05) is 37.5 Å². The van der Waals surface area contributed by atoms with Crippen molar-refractivity contribution in [3.8, 4) is 11.3 Å². The van der Waals surface area contributed by atoms with Crippen LogP contribution in [0.25, 0.3) is 11.3 Å². The fraction of sp³-hybridized carbons (Fsp3) is 0.0909. The molecule has 2 aromatic carbocycles. The van der Waals surface area contributed by atoms with Crippen LogP contribution >= 0.6 is 0 Å². The zero-order chi connectivity index (χ0) is 24.1. The van der Waals surface area contributed by atoms with Crippen molar-refractivity contribution < 1.29 is 13.7 Å². The number of hydrogen-bond donors (Lipinski definition) is 2. The van der Waals surface area contributed by atoms with Crippen LogP contribution in [0.3, 0.4) is 0 Å². The fourth-order valence-electron chi connectivity index (χ4n) is 2.81. The molecule has 11 nitrogen and oxygen atoms in total. The van der Waals surface area contributed by atoms with Gasteiger partial charge in [-0.15, -0.1) is 0 Å². The van der Waals surface area contributed by atoms with Gasteiger partial charge in [0.05, 0.1) is 11.1 Å². The lowest BCUT2D eigenvalue weighted by Crippen LogP contribution is -2.15. The van der Waals surface area contributed by atoms with Gasteiger partial charge in [0.25, 0.3) is 5.69 Å². The van der Waals surface area contributed by atoms with Gasteiger partial charge in [-0.3, -0.25) is 10.1 Å². The second-order valence-electron chi connectivity index (χ2n) is 7.18. The standard InChI is InChI=1S/C22H19FN8O3/c1-30(2)22-27-20(25-16-7-5-15(23)6-8-16)26-21(28-22)29-24-13-18-11-12-19(34-18)14-3-9-17(10-4-14)31(32)33/h3-13H,1-2H3,(H2,25,26,27,28,29). The molecule has 0 saturated heterocycles. The van der Waals surface area contributed by atoms with E-state index in [9.17, 15) is 14.5 Å². The van der Waals surface area contributed by atoms with E-state index in [0.29, 0.717) is 28.7 Å². The lowest BCUT2D eigenvalue weighted by molar-refractivity contribution is -0.384. The quantitative estimate of drug-likeness (QED) is 0.221. The first-order valence-corrected chi connectivity index (χ1v) is 9.97. The summed E-state index contributed by atoms with van der Waals surface area (Å²) in [7, 11) is 3.57. The zero-order valence-corrected chi connectivity index (χ0v) is 18.1. The summed E-state index contributed by atoms with van der Waals surface area (Å²) in [6.07, 6.45) is 1.45. The molecular weight excluding hydrogens is 443 g/mol. The van der Waals surface area contributed by atoms with Gasteiger partial charge in [0.15, 0.2) is 0 Å². The van der Waals surface area contributed by atoms with Gasteiger partial charge < -0.3 is 14.6 Å². The van der Waals surface area contributed by atoms with Crippen molar-refractivity contribution in [2.75, 3.05) is 29.7 Å². The van der Waals surface area contributed by atoms with Crippen molar-refractivity contribution in [1.82, 2.24) is 15.0 Å². The van der Waals surface area contributed by atoms with E-state index >= 15 is 0 Å². The Labute approximate surface area is 193 Å². The van der Waals surface area contributed by atoms with Crippen LogP contribution < -0.4 is 15.6 Å². The van der Waals surface area contributed by atoms with Gasteiger partial charge in [-0.25, -0.2) is 9.82 Å². The number of hydrogen-bond acceptors (Lipinski definition) is 10. The Morgan fingerprint density at radius 3 is 2.38 bits per heavy atom. The number of nitro groups is 1. The summed E-state index contributed by atoms with van der Waals surface area (Å²) in [6.45, 7) is 0. The van der Waals surface area contributed by atoms with Crippen molar-refractivity contribution in [3.63, 3.8) is 0 Å². The molecule has 0 fully saturated rings. The summed E-state index contributed by atoms with van der Waals surface area (Å²) >= 11 is 0. The Kier molecular flexibility index (Phi) is 6.39. The second-order valence-corrected chi connectivity index (χ2v) is 7.18. The molecule has 2 heterocycles. The highest BCUT2D eigenvalue weighted by atomic mass is 19.1. The van der Waals surface area contributed by atoms with Crippen LogP contribution in [0.1, 0.15) is 5.76 Å². The molecule has 2 N–H and O–H groups in total. The van der Waals surface area contributed by atoms with Crippen LogP contribution in [0.15, 0.2) is 70.2 Å². The van der Waals surface area contributed by atoms with E-state index in [-0.39, 0.29) is 23.4 Å². The maximum absolute atomic E-state index is 13.1. The summed E-state index contributed by atoms with van der Waals surface area (Å²) in [5, 5.41) is 17.9. The number of non-ortho nitro benzene ring substituents is 1.